The van der Waals surface area contributed by atoms with Crippen molar-refractivity contribution in [3.05, 3.63) is 18.2 Å². The van der Waals surface area contributed by atoms with Crippen LogP contribution >= 0.6 is 0 Å². The molecule has 0 aromatic heterocycles. The fraction of sp³-hybridized carbons (Fsp3) is 0.333. The molecule has 0 saturated carbocycles. The van der Waals surface area contributed by atoms with Crippen LogP contribution in [-0.2, 0) is 9.59 Å². The number of amides is 1. The number of carbonyl (C=O) groups excluding carboxylic acids is 1. The van der Waals surface area contributed by atoms with Crippen LogP contribution < -0.4 is 14.8 Å². The molecule has 6 nitrogen and oxygen atoms in total. The van der Waals surface area contributed by atoms with E-state index in [1.54, 1.807) is 18.2 Å². The Bertz CT molecular complexity index is 458. The summed E-state index contributed by atoms with van der Waals surface area (Å²) >= 11 is 0. The van der Waals surface area contributed by atoms with Crippen LogP contribution in [0.2, 0.25) is 0 Å². The van der Waals surface area contributed by atoms with Gasteiger partial charge in [0.15, 0.2) is 0 Å². The summed E-state index contributed by atoms with van der Waals surface area (Å²) in [5.74, 6) is -1.97. The van der Waals surface area contributed by atoms with E-state index in [1.165, 1.54) is 21.1 Å². The van der Waals surface area contributed by atoms with Crippen molar-refractivity contribution in [2.45, 2.75) is 6.92 Å². The Hall–Kier alpha value is -2.24. The second-order valence-corrected chi connectivity index (χ2v) is 3.62. The van der Waals surface area contributed by atoms with Gasteiger partial charge in [0.05, 0.1) is 19.9 Å². The van der Waals surface area contributed by atoms with Gasteiger partial charge in [0.1, 0.15) is 17.4 Å². The second-order valence-electron chi connectivity index (χ2n) is 3.62. The average molecular weight is 253 g/mol. The van der Waals surface area contributed by atoms with Gasteiger partial charge in [0.2, 0.25) is 5.91 Å². The normalized spacial score (nSPS) is 11.5. The first kappa shape index (κ1) is 13.8. The highest BCUT2D eigenvalue weighted by Gasteiger charge is 2.21. The fourth-order valence-electron chi connectivity index (χ4n) is 1.26. The molecule has 1 unspecified atom stereocenters. The highest BCUT2D eigenvalue weighted by Crippen LogP contribution is 2.29. The lowest BCUT2D eigenvalue weighted by Crippen LogP contribution is -2.27. The summed E-state index contributed by atoms with van der Waals surface area (Å²) in [5.41, 5.74) is 0.370. The molecule has 0 fully saturated rings. The van der Waals surface area contributed by atoms with E-state index in [0.717, 1.165) is 0 Å². The molecule has 1 aromatic rings. The number of benzene rings is 1. The van der Waals surface area contributed by atoms with Gasteiger partial charge in [-0.25, -0.2) is 0 Å². The van der Waals surface area contributed by atoms with Gasteiger partial charge in [0.25, 0.3) is 0 Å². The highest BCUT2D eigenvalue weighted by atomic mass is 16.5. The molecular formula is C12H15NO5. The minimum absolute atomic E-state index is 0.370. The first-order chi connectivity index (χ1) is 8.49. The monoisotopic (exact) mass is 253 g/mol. The van der Waals surface area contributed by atoms with Crippen LogP contribution in [0.25, 0.3) is 0 Å². The number of methoxy groups -OCH3 is 2. The van der Waals surface area contributed by atoms with Crippen molar-refractivity contribution < 1.29 is 24.2 Å². The lowest BCUT2D eigenvalue weighted by molar-refractivity contribution is -0.144. The largest absolute Gasteiger partial charge is 0.497 e. The van der Waals surface area contributed by atoms with E-state index in [2.05, 4.69) is 5.32 Å². The molecule has 0 bridgehead atoms. The molecule has 6 heteroatoms. The third kappa shape index (κ3) is 3.13. The van der Waals surface area contributed by atoms with E-state index >= 15 is 0 Å². The average Bonchev–Trinajstić information content (AvgIpc) is 2.37. The van der Waals surface area contributed by atoms with E-state index in [0.29, 0.717) is 17.2 Å². The maximum atomic E-state index is 11.6. The summed E-state index contributed by atoms with van der Waals surface area (Å²) in [6.45, 7) is 1.31. The Kier molecular flexibility index (Phi) is 4.53. The Morgan fingerprint density at radius 1 is 1.28 bits per heavy atom. The van der Waals surface area contributed by atoms with Gasteiger partial charge in [-0.15, -0.1) is 0 Å². The van der Waals surface area contributed by atoms with Gasteiger partial charge in [-0.1, -0.05) is 0 Å². The molecule has 0 heterocycles. The standard InChI is InChI=1S/C12H15NO5/c1-7(12(15)16)11(14)13-9-6-8(17-2)4-5-10(9)18-3/h4-7H,1-3H3,(H,13,14)(H,15,16). The van der Waals surface area contributed by atoms with Crippen molar-refractivity contribution in [3.8, 4) is 11.5 Å². The molecule has 0 aliphatic carbocycles. The molecule has 98 valence electrons. The summed E-state index contributed by atoms with van der Waals surface area (Å²) in [6, 6.07) is 4.86. The summed E-state index contributed by atoms with van der Waals surface area (Å²) in [5, 5.41) is 11.2. The Morgan fingerprint density at radius 2 is 1.94 bits per heavy atom. The van der Waals surface area contributed by atoms with Gasteiger partial charge in [-0.3, -0.25) is 9.59 Å². The quantitative estimate of drug-likeness (QED) is 0.774. The zero-order valence-electron chi connectivity index (χ0n) is 10.4. The van der Waals surface area contributed by atoms with Crippen molar-refractivity contribution in [1.29, 1.82) is 0 Å². The van der Waals surface area contributed by atoms with E-state index in [-0.39, 0.29) is 0 Å². The summed E-state index contributed by atoms with van der Waals surface area (Å²) in [6.07, 6.45) is 0. The molecule has 1 amide bonds. The molecular weight excluding hydrogens is 238 g/mol. The fourth-order valence-corrected chi connectivity index (χ4v) is 1.26. The van der Waals surface area contributed by atoms with Crippen LogP contribution in [0.1, 0.15) is 6.92 Å². The van der Waals surface area contributed by atoms with E-state index in [4.69, 9.17) is 14.6 Å². The van der Waals surface area contributed by atoms with Crippen LogP contribution in [0, 0.1) is 5.92 Å². The van der Waals surface area contributed by atoms with Crippen LogP contribution in [-0.4, -0.2) is 31.2 Å². The van der Waals surface area contributed by atoms with Crippen LogP contribution in [0.15, 0.2) is 18.2 Å². The van der Waals surface area contributed by atoms with Crippen molar-refractivity contribution in [2.75, 3.05) is 19.5 Å². The minimum Gasteiger partial charge on any atom is -0.497 e. The molecule has 1 rings (SSSR count). The number of rotatable bonds is 5. The lowest BCUT2D eigenvalue weighted by atomic mass is 10.1. The molecule has 1 aromatic carbocycles. The number of aliphatic carboxylic acids is 1. The van der Waals surface area contributed by atoms with Crippen LogP contribution in [0.4, 0.5) is 5.69 Å². The first-order valence-corrected chi connectivity index (χ1v) is 5.25. The molecule has 0 radical (unpaired) electrons. The number of carboxylic acids is 1. The minimum atomic E-state index is -1.19. The lowest BCUT2D eigenvalue weighted by Gasteiger charge is -2.13. The maximum Gasteiger partial charge on any atom is 0.315 e. The molecule has 0 aliphatic rings. The number of carbonyl (C=O) groups is 2. The Morgan fingerprint density at radius 3 is 2.44 bits per heavy atom. The van der Waals surface area contributed by atoms with E-state index in [9.17, 15) is 9.59 Å². The third-order valence-electron chi connectivity index (χ3n) is 2.43. The SMILES string of the molecule is COc1ccc(OC)c(NC(=O)C(C)C(=O)O)c1. The first-order valence-electron chi connectivity index (χ1n) is 5.25. The van der Waals surface area contributed by atoms with Gasteiger partial charge < -0.3 is 19.9 Å². The van der Waals surface area contributed by atoms with Crippen molar-refractivity contribution >= 4 is 17.6 Å². The Balaban J connectivity index is 2.94. The van der Waals surface area contributed by atoms with Crippen molar-refractivity contribution in [2.24, 2.45) is 5.92 Å². The highest BCUT2D eigenvalue weighted by molar-refractivity contribution is 6.04. The number of hydrogen-bond donors (Lipinski definition) is 2. The van der Waals surface area contributed by atoms with Crippen molar-refractivity contribution in [3.63, 3.8) is 0 Å². The predicted molar refractivity (Wildman–Crippen MR) is 65.0 cm³/mol. The Labute approximate surface area is 105 Å². The number of nitrogens with one attached hydrogen (secondary N) is 1. The van der Waals surface area contributed by atoms with Crippen LogP contribution in [0.3, 0.4) is 0 Å². The number of ether oxygens (including phenoxy) is 2. The van der Waals surface area contributed by atoms with Crippen molar-refractivity contribution in [1.82, 2.24) is 0 Å². The van der Waals surface area contributed by atoms with Gasteiger partial charge in [0, 0.05) is 6.07 Å². The molecule has 0 saturated heterocycles. The smallest absolute Gasteiger partial charge is 0.315 e. The maximum absolute atomic E-state index is 11.6. The van der Waals surface area contributed by atoms with Gasteiger partial charge >= 0.3 is 5.97 Å². The molecule has 0 spiro atoms. The van der Waals surface area contributed by atoms with E-state index in [1.807, 2.05) is 0 Å². The molecule has 0 aliphatic heterocycles. The van der Waals surface area contributed by atoms with Crippen LogP contribution in [0.5, 0.6) is 11.5 Å². The second kappa shape index (κ2) is 5.90. The zero-order valence-corrected chi connectivity index (χ0v) is 10.4. The summed E-state index contributed by atoms with van der Waals surface area (Å²) < 4.78 is 10.1. The number of anilines is 1. The summed E-state index contributed by atoms with van der Waals surface area (Å²) in [7, 11) is 2.95. The topological polar surface area (TPSA) is 84.9 Å². The summed E-state index contributed by atoms with van der Waals surface area (Å²) in [4.78, 5) is 22.3. The third-order valence-corrected chi connectivity index (χ3v) is 2.43. The number of carboxylic acid groups (broad SMARTS) is 1. The van der Waals surface area contributed by atoms with E-state index < -0.39 is 17.8 Å². The van der Waals surface area contributed by atoms with Gasteiger partial charge in [-0.2, -0.15) is 0 Å². The molecule has 1 atom stereocenters. The van der Waals surface area contributed by atoms with Gasteiger partial charge in [-0.05, 0) is 19.1 Å². The number of hydrogen-bond acceptors (Lipinski definition) is 4. The molecule has 2 N–H and O–H groups in total. The zero-order chi connectivity index (χ0) is 13.7. The predicted octanol–water partition coefficient (Wildman–Crippen LogP) is 1.36. The molecule has 18 heavy (non-hydrogen) atoms.